The summed E-state index contributed by atoms with van der Waals surface area (Å²) >= 11 is 0. The molecule has 0 fully saturated rings. The molecular formula is C17H18N2O4. The van der Waals surface area contributed by atoms with Crippen molar-refractivity contribution in [2.24, 2.45) is 5.16 Å². The van der Waals surface area contributed by atoms with Gasteiger partial charge in [-0.1, -0.05) is 17.3 Å². The molecule has 1 heterocycles. The summed E-state index contributed by atoms with van der Waals surface area (Å²) in [5.41, 5.74) is 2.04. The van der Waals surface area contributed by atoms with E-state index in [4.69, 9.17) is 9.47 Å². The van der Waals surface area contributed by atoms with E-state index in [-0.39, 0.29) is 0 Å². The summed E-state index contributed by atoms with van der Waals surface area (Å²) in [6.07, 6.45) is 1.84. The van der Waals surface area contributed by atoms with Gasteiger partial charge in [0.1, 0.15) is 11.5 Å². The summed E-state index contributed by atoms with van der Waals surface area (Å²) in [6, 6.07) is 10.5. The van der Waals surface area contributed by atoms with Crippen LogP contribution in [-0.2, 0) is 11.2 Å². The molecular weight excluding hydrogens is 296 g/mol. The number of pyridine rings is 1. The summed E-state index contributed by atoms with van der Waals surface area (Å²) < 4.78 is 10.1. The maximum atomic E-state index is 11.8. The van der Waals surface area contributed by atoms with Gasteiger partial charge in [0, 0.05) is 12.6 Å². The normalized spacial score (nSPS) is 11.1. The van der Waals surface area contributed by atoms with E-state index < -0.39 is 5.97 Å². The van der Waals surface area contributed by atoms with Gasteiger partial charge < -0.3 is 14.7 Å². The number of carbonyl (C=O) groups is 1. The van der Waals surface area contributed by atoms with Gasteiger partial charge in [-0.15, -0.1) is 0 Å². The van der Waals surface area contributed by atoms with E-state index in [1.165, 1.54) is 6.20 Å². The van der Waals surface area contributed by atoms with E-state index in [9.17, 15) is 10.0 Å². The fraction of sp³-hybridized carbons (Fsp3) is 0.235. The van der Waals surface area contributed by atoms with Gasteiger partial charge in [-0.3, -0.25) is 4.98 Å². The Morgan fingerprint density at radius 1 is 1.30 bits per heavy atom. The van der Waals surface area contributed by atoms with Crippen LogP contribution < -0.4 is 4.74 Å². The molecule has 23 heavy (non-hydrogen) atoms. The minimum absolute atomic E-state index is 0.293. The van der Waals surface area contributed by atoms with Crippen molar-refractivity contribution in [3.63, 3.8) is 0 Å². The number of rotatable bonds is 6. The zero-order chi connectivity index (χ0) is 16.7. The molecule has 0 saturated heterocycles. The number of hydrogen-bond donors (Lipinski definition) is 1. The number of ether oxygens (including phenoxy) is 2. The minimum atomic E-state index is -0.435. The van der Waals surface area contributed by atoms with Crippen LogP contribution in [0, 0.1) is 0 Å². The van der Waals surface area contributed by atoms with Crippen molar-refractivity contribution in [3.05, 3.63) is 59.4 Å². The van der Waals surface area contributed by atoms with Crippen LogP contribution in [0.15, 0.2) is 47.8 Å². The first kappa shape index (κ1) is 16.5. The van der Waals surface area contributed by atoms with Gasteiger partial charge >= 0.3 is 5.97 Å². The molecule has 0 unspecified atom stereocenters. The molecule has 1 aromatic carbocycles. The molecule has 0 bridgehead atoms. The van der Waals surface area contributed by atoms with Crippen molar-refractivity contribution >= 4 is 11.7 Å². The second kappa shape index (κ2) is 7.93. The summed E-state index contributed by atoms with van der Waals surface area (Å²) in [7, 11) is 1.59. The SMILES string of the molecule is CCOC(=O)c1ccnc(/C(Cc2cccc(OC)c2)=N/O)c1. The molecule has 0 aliphatic heterocycles. The lowest BCUT2D eigenvalue weighted by atomic mass is 10.0. The highest BCUT2D eigenvalue weighted by atomic mass is 16.5. The van der Waals surface area contributed by atoms with Crippen molar-refractivity contribution in [1.29, 1.82) is 0 Å². The Kier molecular flexibility index (Phi) is 5.68. The summed E-state index contributed by atoms with van der Waals surface area (Å²) in [5.74, 6) is 0.280. The van der Waals surface area contributed by atoms with Crippen LogP contribution >= 0.6 is 0 Å². The molecule has 0 radical (unpaired) electrons. The highest BCUT2D eigenvalue weighted by Gasteiger charge is 2.12. The van der Waals surface area contributed by atoms with E-state index in [0.717, 1.165) is 5.56 Å². The molecule has 0 amide bonds. The molecule has 6 nitrogen and oxygen atoms in total. The van der Waals surface area contributed by atoms with Crippen molar-refractivity contribution in [2.75, 3.05) is 13.7 Å². The smallest absolute Gasteiger partial charge is 0.338 e. The summed E-state index contributed by atoms with van der Waals surface area (Å²) in [6.45, 7) is 2.03. The van der Waals surface area contributed by atoms with E-state index in [1.807, 2.05) is 24.3 Å². The molecule has 0 spiro atoms. The Hall–Kier alpha value is -2.89. The van der Waals surface area contributed by atoms with E-state index >= 15 is 0 Å². The van der Waals surface area contributed by atoms with Crippen molar-refractivity contribution in [2.45, 2.75) is 13.3 Å². The van der Waals surface area contributed by atoms with Crippen LogP contribution in [0.25, 0.3) is 0 Å². The predicted octanol–water partition coefficient (Wildman–Crippen LogP) is 2.69. The maximum Gasteiger partial charge on any atom is 0.338 e. The van der Waals surface area contributed by atoms with Gasteiger partial charge in [-0.2, -0.15) is 0 Å². The fourth-order valence-electron chi connectivity index (χ4n) is 2.08. The number of hydrogen-bond acceptors (Lipinski definition) is 6. The average molecular weight is 314 g/mol. The number of aromatic nitrogens is 1. The molecule has 0 atom stereocenters. The molecule has 6 heteroatoms. The predicted molar refractivity (Wildman–Crippen MR) is 85.2 cm³/mol. The minimum Gasteiger partial charge on any atom is -0.497 e. The topological polar surface area (TPSA) is 81.0 Å². The number of benzene rings is 1. The van der Waals surface area contributed by atoms with Crippen LogP contribution in [0.4, 0.5) is 0 Å². The molecule has 0 saturated carbocycles. The number of esters is 1. The first-order valence-electron chi connectivity index (χ1n) is 7.15. The molecule has 120 valence electrons. The molecule has 2 rings (SSSR count). The third kappa shape index (κ3) is 4.29. The Labute approximate surface area is 134 Å². The Morgan fingerprint density at radius 3 is 2.83 bits per heavy atom. The monoisotopic (exact) mass is 314 g/mol. The zero-order valence-corrected chi connectivity index (χ0v) is 13.0. The Morgan fingerprint density at radius 2 is 2.13 bits per heavy atom. The molecule has 0 aliphatic carbocycles. The van der Waals surface area contributed by atoms with Crippen molar-refractivity contribution in [1.82, 2.24) is 4.98 Å². The standard InChI is InChI=1S/C17H18N2O4/c1-3-23-17(20)13-7-8-18-15(11-13)16(19-21)10-12-5-4-6-14(9-12)22-2/h4-9,11,21H,3,10H2,1-2H3/b19-16+. The van der Waals surface area contributed by atoms with Crippen LogP contribution in [0.2, 0.25) is 0 Å². The van der Waals surface area contributed by atoms with E-state index in [2.05, 4.69) is 10.1 Å². The van der Waals surface area contributed by atoms with Gasteiger partial charge in [0.15, 0.2) is 0 Å². The van der Waals surface area contributed by atoms with Crippen LogP contribution in [0.3, 0.4) is 0 Å². The van der Waals surface area contributed by atoms with Gasteiger partial charge in [0.05, 0.1) is 25.0 Å². The Bertz CT molecular complexity index is 713. The largest absolute Gasteiger partial charge is 0.497 e. The number of carbonyl (C=O) groups excluding carboxylic acids is 1. The van der Waals surface area contributed by atoms with Crippen LogP contribution in [0.5, 0.6) is 5.75 Å². The number of nitrogens with zero attached hydrogens (tertiary/aromatic N) is 2. The lowest BCUT2D eigenvalue weighted by molar-refractivity contribution is 0.0526. The lowest BCUT2D eigenvalue weighted by Gasteiger charge is -2.07. The number of methoxy groups -OCH3 is 1. The van der Waals surface area contributed by atoms with Gasteiger partial charge in [0.2, 0.25) is 0 Å². The van der Waals surface area contributed by atoms with E-state index in [0.29, 0.717) is 35.7 Å². The summed E-state index contributed by atoms with van der Waals surface area (Å²) in [5, 5.41) is 12.6. The second-order valence-electron chi connectivity index (χ2n) is 4.73. The third-order valence-corrected chi connectivity index (χ3v) is 3.19. The first-order chi connectivity index (χ1) is 11.2. The molecule has 0 aliphatic rings. The highest BCUT2D eigenvalue weighted by molar-refractivity contribution is 6.01. The summed E-state index contributed by atoms with van der Waals surface area (Å²) in [4.78, 5) is 15.9. The second-order valence-corrected chi connectivity index (χ2v) is 4.73. The first-order valence-corrected chi connectivity index (χ1v) is 7.15. The maximum absolute atomic E-state index is 11.8. The molecule has 2 aromatic rings. The molecule has 1 N–H and O–H groups in total. The van der Waals surface area contributed by atoms with Gasteiger partial charge in [-0.25, -0.2) is 4.79 Å². The number of oxime groups is 1. The van der Waals surface area contributed by atoms with Crippen molar-refractivity contribution in [3.8, 4) is 5.75 Å². The van der Waals surface area contributed by atoms with Crippen LogP contribution in [0.1, 0.15) is 28.5 Å². The molecule has 1 aromatic heterocycles. The Balaban J connectivity index is 2.24. The highest BCUT2D eigenvalue weighted by Crippen LogP contribution is 2.15. The van der Waals surface area contributed by atoms with E-state index in [1.54, 1.807) is 26.2 Å². The van der Waals surface area contributed by atoms with Crippen LogP contribution in [-0.4, -0.2) is 35.6 Å². The zero-order valence-electron chi connectivity index (χ0n) is 13.0. The van der Waals surface area contributed by atoms with Crippen molar-refractivity contribution < 1.29 is 19.5 Å². The third-order valence-electron chi connectivity index (χ3n) is 3.19. The van der Waals surface area contributed by atoms with Gasteiger partial charge in [0.25, 0.3) is 0 Å². The average Bonchev–Trinajstić information content (AvgIpc) is 2.60. The fourth-order valence-corrected chi connectivity index (χ4v) is 2.08. The van der Waals surface area contributed by atoms with Gasteiger partial charge in [-0.05, 0) is 36.8 Å². The lowest BCUT2D eigenvalue weighted by Crippen LogP contribution is -2.11. The quantitative estimate of drug-likeness (QED) is 0.384.